The van der Waals surface area contributed by atoms with Gasteiger partial charge in [-0.25, -0.2) is 0 Å². The molecule has 4 saturated carbocycles. The predicted octanol–water partition coefficient (Wildman–Crippen LogP) is 4.09. The summed E-state index contributed by atoms with van der Waals surface area (Å²) in [7, 11) is 0. The summed E-state index contributed by atoms with van der Waals surface area (Å²) >= 11 is 0. The highest BCUT2D eigenvalue weighted by Crippen LogP contribution is 2.68. The smallest absolute Gasteiger partial charge is 0.303 e. The molecule has 0 spiro atoms. The van der Waals surface area contributed by atoms with E-state index in [1.165, 1.54) is 12.8 Å². The molecule has 4 heteroatoms. The van der Waals surface area contributed by atoms with E-state index in [1.807, 2.05) is 0 Å². The number of carboxylic acid groups (broad SMARTS) is 1. The van der Waals surface area contributed by atoms with E-state index < -0.39 is 5.97 Å². The van der Waals surface area contributed by atoms with Gasteiger partial charge in [0.05, 0.1) is 12.2 Å². The van der Waals surface area contributed by atoms with Crippen molar-refractivity contribution in [2.45, 2.75) is 90.8 Å². The number of fused-ring (bicyclic) bond motifs is 5. The molecule has 0 unspecified atom stereocenters. The van der Waals surface area contributed by atoms with Gasteiger partial charge < -0.3 is 15.3 Å². The number of hydrogen-bond donors (Lipinski definition) is 3. The topological polar surface area (TPSA) is 77.8 Å². The van der Waals surface area contributed by atoms with Crippen LogP contribution >= 0.6 is 0 Å². The molecule has 154 valence electrons. The number of aliphatic carboxylic acids is 1. The first-order valence-corrected chi connectivity index (χ1v) is 11.3. The summed E-state index contributed by atoms with van der Waals surface area (Å²) in [4.78, 5) is 11.3. The van der Waals surface area contributed by atoms with Crippen LogP contribution in [0.5, 0.6) is 0 Å². The number of carbonyl (C=O) groups is 1. The van der Waals surface area contributed by atoms with Gasteiger partial charge in [0.25, 0.3) is 0 Å². The van der Waals surface area contributed by atoms with Crippen molar-refractivity contribution in [2.24, 2.45) is 46.3 Å². The molecule has 0 bridgehead atoms. The monoisotopic (exact) mass is 378 g/mol. The Kier molecular flexibility index (Phi) is 4.91. The molecule has 10 atom stereocenters. The maximum atomic E-state index is 11.4. The molecule has 3 N–H and O–H groups in total. The molecule has 4 aliphatic carbocycles. The minimum Gasteiger partial charge on any atom is -0.481 e. The number of aliphatic hydroxyl groups excluding tert-OH is 2. The fourth-order valence-electron chi connectivity index (χ4n) is 8.58. The lowest BCUT2D eigenvalue weighted by molar-refractivity contribution is -0.175. The fraction of sp³-hybridized carbons (Fsp3) is 0.957. The summed E-state index contributed by atoms with van der Waals surface area (Å²) in [6.07, 6.45) is 8.22. The quantitative estimate of drug-likeness (QED) is 0.691. The summed E-state index contributed by atoms with van der Waals surface area (Å²) in [5.41, 5.74) is 0.128. The second-order valence-electron chi connectivity index (χ2n) is 11.0. The summed E-state index contributed by atoms with van der Waals surface area (Å²) in [5.74, 6) is 2.07. The Hall–Kier alpha value is -0.610. The molecule has 0 aromatic heterocycles. The molecule has 4 aliphatic rings. The van der Waals surface area contributed by atoms with Crippen molar-refractivity contribution in [2.75, 3.05) is 0 Å². The average molecular weight is 379 g/mol. The summed E-state index contributed by atoms with van der Waals surface area (Å²) in [6.45, 7) is 6.79. The maximum absolute atomic E-state index is 11.4. The van der Waals surface area contributed by atoms with Crippen LogP contribution < -0.4 is 0 Å². The molecule has 0 saturated heterocycles. The number of rotatable bonds is 3. The van der Waals surface area contributed by atoms with Crippen molar-refractivity contribution in [3.05, 3.63) is 0 Å². The van der Waals surface area contributed by atoms with E-state index in [1.54, 1.807) is 0 Å². The summed E-state index contributed by atoms with van der Waals surface area (Å²) in [6, 6.07) is 0. The SMILES string of the molecule is C[C@H](CC(=O)O)[C@H]1CC[C@@H]2[C@@H]3CC[C@@H]4C[C@H](O)CC[C@]4(C)[C@H]3C[C@H](O)[C@@]21C. The molecule has 0 amide bonds. The summed E-state index contributed by atoms with van der Waals surface area (Å²) < 4.78 is 0. The molecule has 4 rings (SSSR count). The van der Waals surface area contributed by atoms with Gasteiger partial charge in [-0.15, -0.1) is 0 Å². The highest BCUT2D eigenvalue weighted by Gasteiger charge is 2.63. The second-order valence-corrected chi connectivity index (χ2v) is 11.0. The van der Waals surface area contributed by atoms with Crippen LogP contribution in [0.25, 0.3) is 0 Å². The Bertz CT molecular complexity index is 591. The normalized spacial score (nSPS) is 53.1. The van der Waals surface area contributed by atoms with Crippen LogP contribution in [-0.2, 0) is 4.79 Å². The molecule has 27 heavy (non-hydrogen) atoms. The Balaban J connectivity index is 1.60. The van der Waals surface area contributed by atoms with Crippen LogP contribution in [0, 0.1) is 46.3 Å². The first-order valence-electron chi connectivity index (χ1n) is 11.3. The molecule has 0 aromatic rings. The number of hydrogen-bond acceptors (Lipinski definition) is 3. The van der Waals surface area contributed by atoms with Crippen LogP contribution in [0.15, 0.2) is 0 Å². The van der Waals surface area contributed by atoms with Crippen molar-refractivity contribution >= 4 is 5.97 Å². The Morgan fingerprint density at radius 2 is 1.78 bits per heavy atom. The number of carboxylic acids is 1. The van der Waals surface area contributed by atoms with E-state index in [-0.39, 0.29) is 35.4 Å². The highest BCUT2D eigenvalue weighted by atomic mass is 16.4. The van der Waals surface area contributed by atoms with Gasteiger partial charge in [0.2, 0.25) is 0 Å². The van der Waals surface area contributed by atoms with Gasteiger partial charge in [0.15, 0.2) is 0 Å². The zero-order chi connectivity index (χ0) is 19.6. The average Bonchev–Trinajstić information content (AvgIpc) is 2.95. The van der Waals surface area contributed by atoms with E-state index in [0.29, 0.717) is 29.6 Å². The van der Waals surface area contributed by atoms with Crippen LogP contribution in [0.2, 0.25) is 0 Å². The predicted molar refractivity (Wildman–Crippen MR) is 104 cm³/mol. The largest absolute Gasteiger partial charge is 0.481 e. The van der Waals surface area contributed by atoms with Crippen LogP contribution in [-0.4, -0.2) is 33.5 Å². The molecular formula is C23H38O4. The molecule has 0 heterocycles. The van der Waals surface area contributed by atoms with Crippen molar-refractivity contribution in [1.29, 1.82) is 0 Å². The van der Waals surface area contributed by atoms with E-state index in [4.69, 9.17) is 0 Å². The third-order valence-corrected chi connectivity index (χ3v) is 10.00. The van der Waals surface area contributed by atoms with Gasteiger partial charge >= 0.3 is 5.97 Å². The first kappa shape index (κ1) is 19.7. The lowest BCUT2D eigenvalue weighted by atomic mass is 9.43. The van der Waals surface area contributed by atoms with Gasteiger partial charge in [-0.3, -0.25) is 4.79 Å². The highest BCUT2D eigenvalue weighted by molar-refractivity contribution is 5.67. The second kappa shape index (κ2) is 6.73. The van der Waals surface area contributed by atoms with Crippen LogP contribution in [0.1, 0.15) is 78.6 Å². The molecule has 4 nitrogen and oxygen atoms in total. The maximum Gasteiger partial charge on any atom is 0.303 e. The lowest BCUT2D eigenvalue weighted by Crippen LogP contribution is -2.58. The van der Waals surface area contributed by atoms with Gasteiger partial charge in [-0.05, 0) is 97.7 Å². The Morgan fingerprint density at radius 3 is 2.48 bits per heavy atom. The van der Waals surface area contributed by atoms with E-state index in [0.717, 1.165) is 38.5 Å². The van der Waals surface area contributed by atoms with Crippen molar-refractivity contribution in [3.63, 3.8) is 0 Å². The van der Waals surface area contributed by atoms with Gasteiger partial charge in [-0.1, -0.05) is 20.8 Å². The van der Waals surface area contributed by atoms with Crippen LogP contribution in [0.3, 0.4) is 0 Å². The Morgan fingerprint density at radius 1 is 1.04 bits per heavy atom. The third kappa shape index (κ3) is 2.88. The third-order valence-electron chi connectivity index (χ3n) is 10.00. The van der Waals surface area contributed by atoms with E-state index in [2.05, 4.69) is 20.8 Å². The van der Waals surface area contributed by atoms with Crippen LogP contribution in [0.4, 0.5) is 0 Å². The zero-order valence-corrected chi connectivity index (χ0v) is 17.2. The zero-order valence-electron chi connectivity index (χ0n) is 17.2. The summed E-state index contributed by atoms with van der Waals surface area (Å²) in [5, 5.41) is 30.8. The minimum atomic E-state index is -0.716. The van der Waals surface area contributed by atoms with Gasteiger partial charge in [0.1, 0.15) is 0 Å². The van der Waals surface area contributed by atoms with Crippen molar-refractivity contribution < 1.29 is 20.1 Å². The van der Waals surface area contributed by atoms with E-state index in [9.17, 15) is 20.1 Å². The van der Waals surface area contributed by atoms with Crippen molar-refractivity contribution in [1.82, 2.24) is 0 Å². The van der Waals surface area contributed by atoms with E-state index >= 15 is 0 Å². The van der Waals surface area contributed by atoms with Gasteiger partial charge in [0, 0.05) is 6.42 Å². The van der Waals surface area contributed by atoms with Crippen molar-refractivity contribution in [3.8, 4) is 0 Å². The Labute approximate surface area is 163 Å². The molecule has 4 fully saturated rings. The molecular weight excluding hydrogens is 340 g/mol. The molecule has 0 radical (unpaired) electrons. The number of aliphatic hydroxyl groups is 2. The molecule has 0 aliphatic heterocycles. The first-order chi connectivity index (χ1) is 12.7. The standard InChI is InChI=1S/C23H38O4/c1-13(10-21(26)27)17-6-7-18-16-5-4-14-11-15(24)8-9-22(14,2)19(16)12-20(25)23(17,18)3/h13-20,24-25H,4-12H2,1-3H3,(H,26,27)/t13-,14-,15-,16+,17-,18-,19+,20+,22+,23-/m1/s1. The lowest BCUT2D eigenvalue weighted by Gasteiger charge is -2.62. The minimum absolute atomic E-state index is 0.125. The molecule has 0 aromatic carbocycles. The fourth-order valence-corrected chi connectivity index (χ4v) is 8.58. The van der Waals surface area contributed by atoms with Gasteiger partial charge in [-0.2, -0.15) is 0 Å².